The second kappa shape index (κ2) is 11.7. The van der Waals surface area contributed by atoms with Crippen LogP contribution in [0.3, 0.4) is 0 Å². The number of benzene rings is 1. The third kappa shape index (κ3) is 5.85. The van der Waals surface area contributed by atoms with Crippen LogP contribution in [-0.4, -0.2) is 124 Å². The van der Waals surface area contributed by atoms with Gasteiger partial charge in [0.05, 0.1) is 30.1 Å². The molecule has 6 rings (SSSR count). The summed E-state index contributed by atoms with van der Waals surface area (Å²) in [5, 5.41) is 26.7. The van der Waals surface area contributed by atoms with Crippen LogP contribution in [0.25, 0.3) is 0 Å². The van der Waals surface area contributed by atoms with E-state index in [-0.39, 0.29) is 68.3 Å². The molecular formula is C28H35ClFN5O7. The Kier molecular flexibility index (Phi) is 8.13. The number of carbonyl (C=O) groups is 4. The number of likely N-dealkylation sites (tertiary alicyclic amines) is 1. The van der Waals surface area contributed by atoms with Crippen LogP contribution in [0.4, 0.5) is 4.39 Å². The molecule has 7 atom stereocenters. The van der Waals surface area contributed by atoms with E-state index in [0.717, 1.165) is 12.8 Å². The number of ether oxygens (including phenoxy) is 1. The molecule has 0 unspecified atom stereocenters. The second-order valence-electron chi connectivity index (χ2n) is 11.9. The molecule has 14 heteroatoms. The zero-order valence-corrected chi connectivity index (χ0v) is 23.7. The Morgan fingerprint density at radius 2 is 1.83 bits per heavy atom. The fourth-order valence-electron chi connectivity index (χ4n) is 6.51. The topological polar surface area (TPSA) is 152 Å². The number of rotatable bonds is 3. The molecule has 1 aromatic carbocycles. The molecular weight excluding hydrogens is 573 g/mol. The zero-order valence-electron chi connectivity index (χ0n) is 23.0. The van der Waals surface area contributed by atoms with Crippen molar-refractivity contribution in [2.45, 2.75) is 74.8 Å². The number of aliphatic hydroxyl groups is 2. The van der Waals surface area contributed by atoms with Gasteiger partial charge in [0.25, 0.3) is 0 Å². The Morgan fingerprint density at radius 1 is 1.07 bits per heavy atom. The molecule has 1 saturated carbocycles. The van der Waals surface area contributed by atoms with Gasteiger partial charge in [-0.3, -0.25) is 24.1 Å². The Hall–Kier alpha value is -2.84. The van der Waals surface area contributed by atoms with E-state index < -0.39 is 60.2 Å². The fraction of sp³-hybridized carbons (Fsp3) is 0.643. The third-order valence-electron chi connectivity index (χ3n) is 8.95. The molecule has 42 heavy (non-hydrogen) atoms. The van der Waals surface area contributed by atoms with E-state index in [9.17, 15) is 33.8 Å². The van der Waals surface area contributed by atoms with E-state index in [1.54, 1.807) is 11.0 Å². The summed E-state index contributed by atoms with van der Waals surface area (Å²) < 4.78 is 20.0. The molecule has 5 aliphatic rings. The van der Waals surface area contributed by atoms with Gasteiger partial charge in [-0.1, -0.05) is 17.7 Å². The smallest absolute Gasteiger partial charge is 0.244 e. The van der Waals surface area contributed by atoms with Gasteiger partial charge in [0.2, 0.25) is 23.6 Å². The van der Waals surface area contributed by atoms with Crippen LogP contribution in [0, 0.1) is 11.7 Å². The van der Waals surface area contributed by atoms with Gasteiger partial charge in [-0.05, 0) is 37.0 Å². The van der Waals surface area contributed by atoms with Crippen molar-refractivity contribution in [1.29, 1.82) is 0 Å². The summed E-state index contributed by atoms with van der Waals surface area (Å²) in [6, 6.07) is 2.42. The zero-order chi connectivity index (χ0) is 29.7. The number of nitrogens with zero attached hydrogens (tertiary/aromatic N) is 3. The molecule has 6 bridgehead atoms. The Labute approximate surface area is 247 Å². The number of aliphatic hydroxyl groups excluding tert-OH is 2. The first kappa shape index (κ1) is 29.2. The van der Waals surface area contributed by atoms with E-state index >= 15 is 0 Å². The molecule has 1 aromatic rings. The number of piperazine rings is 1. The maximum Gasteiger partial charge on any atom is 0.244 e. The van der Waals surface area contributed by atoms with Gasteiger partial charge in [0.15, 0.2) is 0 Å². The summed E-state index contributed by atoms with van der Waals surface area (Å²) in [5.41, 5.74) is 0.604. The molecule has 0 aromatic heterocycles. The predicted molar refractivity (Wildman–Crippen MR) is 145 cm³/mol. The SMILES string of the molecule is O=C1C[C@@H]2O[C@H](CNC(=O)[C@@H]3CN(CCN3C(=O)C3CC3)C(=O)[C@@H]3C[C@@H](CN3Cc3ccc(Cl)c(F)c3)N1)[C@@H](O)[C@H]2O. The second-order valence-corrected chi connectivity index (χ2v) is 12.4. The predicted octanol–water partition coefficient (Wildman–Crippen LogP) is -1.00. The summed E-state index contributed by atoms with van der Waals surface area (Å²) in [4.78, 5) is 58.5. The van der Waals surface area contributed by atoms with Crippen molar-refractivity contribution in [3.05, 3.63) is 34.6 Å². The van der Waals surface area contributed by atoms with Gasteiger partial charge < -0.3 is 35.4 Å². The first-order chi connectivity index (χ1) is 20.1. The Morgan fingerprint density at radius 3 is 2.57 bits per heavy atom. The standard InChI is InChI=1S/C28H35ClFN5O7/c29-17-4-1-14(7-18(17)30)11-34-12-16-8-19(34)28(41)33-5-6-35(27(40)15-2-3-15)20(13-33)26(39)31-10-22-25(38)24(37)21(42-22)9-23(36)32-16/h1,4,7,15-16,19-22,24-25,37-38H,2-3,5-6,8-13H2,(H,31,39)(H,32,36)/t16-,19-,20-,21-,22+,24-,25+/m0/s1. The summed E-state index contributed by atoms with van der Waals surface area (Å²) in [6.45, 7) is 0.810. The molecule has 4 heterocycles. The molecule has 228 valence electrons. The number of halogens is 2. The molecule has 4 amide bonds. The third-order valence-corrected chi connectivity index (χ3v) is 9.26. The lowest BCUT2D eigenvalue weighted by Gasteiger charge is -2.42. The van der Waals surface area contributed by atoms with Crippen LogP contribution in [0.1, 0.15) is 31.2 Å². The van der Waals surface area contributed by atoms with Crippen molar-refractivity contribution < 1.29 is 38.5 Å². The minimum Gasteiger partial charge on any atom is -0.388 e. The average molecular weight is 608 g/mol. The Balaban J connectivity index is 1.28. The first-order valence-corrected chi connectivity index (χ1v) is 14.8. The van der Waals surface area contributed by atoms with Crippen LogP contribution in [0.5, 0.6) is 0 Å². The van der Waals surface area contributed by atoms with Gasteiger partial charge in [0.1, 0.15) is 30.2 Å². The van der Waals surface area contributed by atoms with E-state index in [1.807, 2.05) is 4.90 Å². The summed E-state index contributed by atoms with van der Waals surface area (Å²) in [6.07, 6.45) is -3.00. The van der Waals surface area contributed by atoms with Crippen LogP contribution in [0.2, 0.25) is 5.02 Å². The minimum atomic E-state index is -1.33. The molecule has 0 spiro atoms. The number of nitrogens with one attached hydrogen (secondary N) is 2. The number of hydrogen-bond acceptors (Lipinski definition) is 8. The van der Waals surface area contributed by atoms with Crippen LogP contribution < -0.4 is 10.6 Å². The van der Waals surface area contributed by atoms with E-state index in [2.05, 4.69) is 10.6 Å². The maximum atomic E-state index is 14.2. The minimum absolute atomic E-state index is 0.0121. The largest absolute Gasteiger partial charge is 0.388 e. The lowest BCUT2D eigenvalue weighted by molar-refractivity contribution is -0.151. The lowest BCUT2D eigenvalue weighted by atomic mass is 10.0. The first-order valence-electron chi connectivity index (χ1n) is 14.4. The highest BCUT2D eigenvalue weighted by Crippen LogP contribution is 2.33. The van der Waals surface area contributed by atoms with Crippen LogP contribution in [0.15, 0.2) is 18.2 Å². The monoisotopic (exact) mass is 607 g/mol. The quantitative estimate of drug-likeness (QED) is 0.342. The average Bonchev–Trinajstić information content (AvgIpc) is 3.70. The molecule has 4 aliphatic heterocycles. The highest BCUT2D eigenvalue weighted by Gasteiger charge is 2.48. The van der Waals surface area contributed by atoms with Gasteiger partial charge in [-0.25, -0.2) is 4.39 Å². The van der Waals surface area contributed by atoms with Gasteiger partial charge in [-0.15, -0.1) is 0 Å². The fourth-order valence-corrected chi connectivity index (χ4v) is 6.63. The number of carbonyl (C=O) groups excluding carboxylic acids is 4. The highest BCUT2D eigenvalue weighted by atomic mass is 35.5. The Bertz CT molecular complexity index is 1270. The normalized spacial score (nSPS) is 34.4. The maximum absolute atomic E-state index is 14.2. The van der Waals surface area contributed by atoms with Crippen molar-refractivity contribution in [3.8, 4) is 0 Å². The van der Waals surface area contributed by atoms with Crippen molar-refractivity contribution in [1.82, 2.24) is 25.3 Å². The van der Waals surface area contributed by atoms with Crippen LogP contribution in [-0.2, 0) is 30.5 Å². The number of fused-ring (bicyclic) bond motifs is 6. The number of hydrogen-bond donors (Lipinski definition) is 4. The number of amides is 4. The van der Waals surface area contributed by atoms with E-state index in [4.69, 9.17) is 16.3 Å². The molecule has 4 N–H and O–H groups in total. The van der Waals surface area contributed by atoms with Crippen molar-refractivity contribution in [2.24, 2.45) is 5.92 Å². The molecule has 1 aliphatic carbocycles. The van der Waals surface area contributed by atoms with Gasteiger partial charge in [-0.2, -0.15) is 0 Å². The summed E-state index contributed by atoms with van der Waals surface area (Å²) in [7, 11) is 0. The van der Waals surface area contributed by atoms with Crippen molar-refractivity contribution in [3.63, 3.8) is 0 Å². The van der Waals surface area contributed by atoms with E-state index in [1.165, 1.54) is 17.0 Å². The highest BCUT2D eigenvalue weighted by molar-refractivity contribution is 6.30. The lowest BCUT2D eigenvalue weighted by Crippen LogP contribution is -2.63. The molecule has 12 nitrogen and oxygen atoms in total. The summed E-state index contributed by atoms with van der Waals surface area (Å²) in [5.74, 6) is -1.94. The van der Waals surface area contributed by atoms with E-state index in [0.29, 0.717) is 12.1 Å². The molecule has 0 radical (unpaired) electrons. The van der Waals surface area contributed by atoms with Crippen LogP contribution >= 0.6 is 11.6 Å². The van der Waals surface area contributed by atoms with Gasteiger partial charge in [0, 0.05) is 44.7 Å². The van der Waals surface area contributed by atoms with Gasteiger partial charge >= 0.3 is 0 Å². The van der Waals surface area contributed by atoms with Crippen molar-refractivity contribution in [2.75, 3.05) is 32.7 Å². The molecule has 4 saturated heterocycles. The van der Waals surface area contributed by atoms with Crippen molar-refractivity contribution >= 4 is 35.2 Å². The summed E-state index contributed by atoms with van der Waals surface area (Å²) >= 11 is 5.86. The molecule has 5 fully saturated rings.